The number of ether oxygens (including phenoxy) is 1. The van der Waals surface area contributed by atoms with E-state index in [1.165, 1.54) is 18.1 Å². The molecule has 0 spiro atoms. The Morgan fingerprint density at radius 2 is 2.24 bits per heavy atom. The van der Waals surface area contributed by atoms with Gasteiger partial charge < -0.3 is 20.5 Å². The van der Waals surface area contributed by atoms with Crippen LogP contribution in [0.15, 0.2) is 18.2 Å². The summed E-state index contributed by atoms with van der Waals surface area (Å²) in [5.41, 5.74) is 5.65. The second-order valence-electron chi connectivity index (χ2n) is 3.75. The number of benzene rings is 1. The van der Waals surface area contributed by atoms with Gasteiger partial charge in [-0.1, -0.05) is 0 Å². The molecule has 1 aromatic carbocycles. The molecule has 1 rings (SSSR count). The maximum Gasteiger partial charge on any atom is 0.257 e. The van der Waals surface area contributed by atoms with Gasteiger partial charge in [-0.15, -0.1) is 0 Å². The van der Waals surface area contributed by atoms with Crippen molar-refractivity contribution in [3.05, 3.63) is 23.8 Å². The fourth-order valence-corrected chi connectivity index (χ4v) is 1.45. The van der Waals surface area contributed by atoms with Crippen LogP contribution in [0.5, 0.6) is 11.5 Å². The molecule has 5 nitrogen and oxygen atoms in total. The number of carbonyl (C=O) groups is 1. The van der Waals surface area contributed by atoms with E-state index >= 15 is 0 Å². The van der Waals surface area contributed by atoms with Gasteiger partial charge >= 0.3 is 0 Å². The molecule has 0 saturated carbocycles. The standard InChI is InChI=1S/C12H18N2O3/c1-14(7-3-6-13)12(16)10-5-4-9(17-2)8-11(10)15/h4-5,8,15H,3,6-7,13H2,1-2H3. The third-order valence-electron chi connectivity index (χ3n) is 2.48. The zero-order valence-electron chi connectivity index (χ0n) is 10.1. The van der Waals surface area contributed by atoms with Crippen molar-refractivity contribution >= 4 is 5.91 Å². The number of hydrogen-bond donors (Lipinski definition) is 2. The minimum absolute atomic E-state index is 0.0750. The van der Waals surface area contributed by atoms with Gasteiger partial charge in [0.2, 0.25) is 0 Å². The van der Waals surface area contributed by atoms with Crippen molar-refractivity contribution in [3.63, 3.8) is 0 Å². The first-order valence-electron chi connectivity index (χ1n) is 5.42. The number of rotatable bonds is 5. The van der Waals surface area contributed by atoms with Crippen LogP contribution in [0.4, 0.5) is 0 Å². The molecular weight excluding hydrogens is 220 g/mol. The van der Waals surface area contributed by atoms with E-state index in [2.05, 4.69) is 0 Å². The number of aromatic hydroxyl groups is 1. The Labute approximate surface area is 101 Å². The van der Waals surface area contributed by atoms with Crippen LogP contribution < -0.4 is 10.5 Å². The molecule has 0 heterocycles. The van der Waals surface area contributed by atoms with E-state index in [9.17, 15) is 9.90 Å². The van der Waals surface area contributed by atoms with Crippen LogP contribution in [-0.2, 0) is 0 Å². The van der Waals surface area contributed by atoms with Gasteiger partial charge in [0.15, 0.2) is 0 Å². The van der Waals surface area contributed by atoms with Crippen LogP contribution in [-0.4, -0.2) is 43.2 Å². The predicted molar refractivity (Wildman–Crippen MR) is 65.3 cm³/mol. The maximum atomic E-state index is 12.0. The van der Waals surface area contributed by atoms with Gasteiger partial charge in [0, 0.05) is 19.7 Å². The highest BCUT2D eigenvalue weighted by Crippen LogP contribution is 2.24. The fraction of sp³-hybridized carbons (Fsp3) is 0.417. The highest BCUT2D eigenvalue weighted by Gasteiger charge is 2.15. The molecule has 0 atom stereocenters. The predicted octanol–water partition coefficient (Wildman–Crippen LogP) is 0.822. The highest BCUT2D eigenvalue weighted by molar-refractivity contribution is 5.96. The van der Waals surface area contributed by atoms with E-state index in [-0.39, 0.29) is 17.2 Å². The molecule has 0 aromatic heterocycles. The van der Waals surface area contributed by atoms with Crippen molar-refractivity contribution in [3.8, 4) is 11.5 Å². The van der Waals surface area contributed by atoms with E-state index in [1.54, 1.807) is 19.2 Å². The number of amides is 1. The highest BCUT2D eigenvalue weighted by atomic mass is 16.5. The Balaban J connectivity index is 2.81. The summed E-state index contributed by atoms with van der Waals surface area (Å²) in [7, 11) is 3.19. The Morgan fingerprint density at radius 3 is 2.76 bits per heavy atom. The van der Waals surface area contributed by atoms with Crippen LogP contribution in [0.1, 0.15) is 16.8 Å². The molecule has 0 aliphatic carbocycles. The fourth-order valence-electron chi connectivity index (χ4n) is 1.45. The number of nitrogens with zero attached hydrogens (tertiary/aromatic N) is 1. The summed E-state index contributed by atoms with van der Waals surface area (Å²) in [5, 5.41) is 9.71. The van der Waals surface area contributed by atoms with Crippen molar-refractivity contribution in [1.29, 1.82) is 0 Å². The molecule has 0 saturated heterocycles. The van der Waals surface area contributed by atoms with E-state index < -0.39 is 0 Å². The number of phenolic OH excluding ortho intramolecular Hbond substituents is 1. The SMILES string of the molecule is COc1ccc(C(=O)N(C)CCCN)c(O)c1. The van der Waals surface area contributed by atoms with E-state index in [0.29, 0.717) is 18.8 Å². The summed E-state index contributed by atoms with van der Waals surface area (Å²) in [6.07, 6.45) is 0.735. The van der Waals surface area contributed by atoms with Crippen molar-refractivity contribution in [2.45, 2.75) is 6.42 Å². The minimum Gasteiger partial charge on any atom is -0.507 e. The molecule has 5 heteroatoms. The van der Waals surface area contributed by atoms with Gasteiger partial charge in [-0.05, 0) is 25.1 Å². The molecule has 1 aromatic rings. The molecule has 94 valence electrons. The van der Waals surface area contributed by atoms with Crippen molar-refractivity contribution in [2.24, 2.45) is 5.73 Å². The topological polar surface area (TPSA) is 75.8 Å². The Bertz CT molecular complexity index is 393. The van der Waals surface area contributed by atoms with Gasteiger partial charge in [0.05, 0.1) is 12.7 Å². The van der Waals surface area contributed by atoms with Crippen molar-refractivity contribution < 1.29 is 14.6 Å². The number of nitrogens with two attached hydrogens (primary N) is 1. The lowest BCUT2D eigenvalue weighted by atomic mass is 10.1. The Kier molecular flexibility index (Phi) is 4.78. The quantitative estimate of drug-likeness (QED) is 0.796. The lowest BCUT2D eigenvalue weighted by Crippen LogP contribution is -2.29. The summed E-state index contributed by atoms with van der Waals surface area (Å²) >= 11 is 0. The van der Waals surface area contributed by atoms with Crippen molar-refractivity contribution in [1.82, 2.24) is 4.90 Å². The molecule has 0 aliphatic heterocycles. The summed E-state index contributed by atoms with van der Waals surface area (Å²) in [6.45, 7) is 1.10. The van der Waals surface area contributed by atoms with Gasteiger partial charge in [-0.3, -0.25) is 4.79 Å². The third-order valence-corrected chi connectivity index (χ3v) is 2.48. The zero-order valence-corrected chi connectivity index (χ0v) is 10.1. The average Bonchev–Trinajstić information content (AvgIpc) is 2.34. The molecule has 3 N–H and O–H groups in total. The molecule has 0 fully saturated rings. The van der Waals surface area contributed by atoms with Crippen molar-refractivity contribution in [2.75, 3.05) is 27.2 Å². The lowest BCUT2D eigenvalue weighted by molar-refractivity contribution is 0.0791. The largest absolute Gasteiger partial charge is 0.507 e. The Morgan fingerprint density at radius 1 is 1.53 bits per heavy atom. The smallest absolute Gasteiger partial charge is 0.257 e. The van der Waals surface area contributed by atoms with Crippen LogP contribution >= 0.6 is 0 Å². The summed E-state index contributed by atoms with van der Waals surface area (Å²) in [4.78, 5) is 13.5. The monoisotopic (exact) mass is 238 g/mol. The molecule has 1 amide bonds. The number of phenols is 1. The third kappa shape index (κ3) is 3.35. The Hall–Kier alpha value is -1.75. The number of methoxy groups -OCH3 is 1. The summed E-state index contributed by atoms with van der Waals surface area (Å²) in [5.74, 6) is 0.219. The molecule has 17 heavy (non-hydrogen) atoms. The zero-order chi connectivity index (χ0) is 12.8. The van der Waals surface area contributed by atoms with Gasteiger partial charge in [0.25, 0.3) is 5.91 Å². The first kappa shape index (κ1) is 13.3. The van der Waals surface area contributed by atoms with E-state index in [0.717, 1.165) is 6.42 Å². The maximum absolute atomic E-state index is 12.0. The van der Waals surface area contributed by atoms with Gasteiger partial charge in [0.1, 0.15) is 11.5 Å². The molecule has 0 aliphatic rings. The molecule has 0 radical (unpaired) electrons. The first-order chi connectivity index (χ1) is 8.10. The van der Waals surface area contributed by atoms with Gasteiger partial charge in [-0.2, -0.15) is 0 Å². The minimum atomic E-state index is -0.224. The number of carbonyl (C=O) groups excluding carboxylic acids is 1. The molecule has 0 bridgehead atoms. The summed E-state index contributed by atoms with van der Waals surface area (Å²) in [6, 6.07) is 4.61. The van der Waals surface area contributed by atoms with E-state index in [4.69, 9.17) is 10.5 Å². The van der Waals surface area contributed by atoms with Crippen LogP contribution in [0.25, 0.3) is 0 Å². The van der Waals surface area contributed by atoms with Crippen LogP contribution in [0.3, 0.4) is 0 Å². The molecule has 0 unspecified atom stereocenters. The molecular formula is C12H18N2O3. The number of hydrogen-bond acceptors (Lipinski definition) is 4. The van der Waals surface area contributed by atoms with Gasteiger partial charge in [-0.25, -0.2) is 0 Å². The van der Waals surface area contributed by atoms with E-state index in [1.807, 2.05) is 0 Å². The average molecular weight is 238 g/mol. The van der Waals surface area contributed by atoms with Crippen LogP contribution in [0, 0.1) is 0 Å². The first-order valence-corrected chi connectivity index (χ1v) is 5.42. The summed E-state index contributed by atoms with van der Waals surface area (Å²) < 4.78 is 4.95. The second-order valence-corrected chi connectivity index (χ2v) is 3.75. The normalized spacial score (nSPS) is 10.1. The van der Waals surface area contributed by atoms with Crippen LogP contribution in [0.2, 0.25) is 0 Å². The second kappa shape index (κ2) is 6.10. The lowest BCUT2D eigenvalue weighted by Gasteiger charge is -2.17.